The summed E-state index contributed by atoms with van der Waals surface area (Å²) in [4.78, 5) is 36.4. The van der Waals surface area contributed by atoms with E-state index in [1.54, 1.807) is 18.5 Å². The van der Waals surface area contributed by atoms with Crippen molar-refractivity contribution in [3.05, 3.63) is 29.5 Å². The van der Waals surface area contributed by atoms with E-state index in [9.17, 15) is 9.59 Å². The van der Waals surface area contributed by atoms with Gasteiger partial charge in [-0.25, -0.2) is 15.0 Å². The van der Waals surface area contributed by atoms with Crippen LogP contribution < -0.4 is 5.32 Å². The van der Waals surface area contributed by atoms with Gasteiger partial charge in [-0.15, -0.1) is 11.3 Å². The minimum absolute atomic E-state index is 0.0494. The Hall–Kier alpha value is -2.35. The van der Waals surface area contributed by atoms with Crippen molar-refractivity contribution in [1.29, 1.82) is 0 Å². The molecule has 2 N–H and O–H groups in total. The van der Waals surface area contributed by atoms with Gasteiger partial charge in [0.05, 0.1) is 18.2 Å². The topological polar surface area (TPSA) is 105 Å². The van der Waals surface area contributed by atoms with Gasteiger partial charge in [0.25, 0.3) is 5.91 Å². The summed E-state index contributed by atoms with van der Waals surface area (Å²) >= 11 is 1.20. The van der Waals surface area contributed by atoms with Crippen molar-refractivity contribution in [2.75, 3.05) is 0 Å². The minimum Gasteiger partial charge on any atom is -0.481 e. The summed E-state index contributed by atoms with van der Waals surface area (Å²) in [6.45, 7) is 0. The molecular weight excluding hydrogens is 316 g/mol. The average Bonchev–Trinajstić information content (AvgIpc) is 3.17. The fraction of sp³-hybridized carbons (Fsp3) is 0.400. The largest absolute Gasteiger partial charge is 0.481 e. The Morgan fingerprint density at radius 3 is 2.57 bits per heavy atom. The number of aliphatic carboxylic acids is 1. The van der Waals surface area contributed by atoms with Crippen molar-refractivity contribution in [1.82, 2.24) is 20.3 Å². The Balaban J connectivity index is 1.76. The molecule has 0 radical (unpaired) electrons. The zero-order valence-electron chi connectivity index (χ0n) is 12.4. The summed E-state index contributed by atoms with van der Waals surface area (Å²) in [5, 5.41) is 12.6. The third kappa shape index (κ3) is 3.53. The molecule has 0 saturated heterocycles. The Morgan fingerprint density at radius 2 is 1.91 bits per heavy atom. The maximum atomic E-state index is 12.5. The number of rotatable bonds is 5. The summed E-state index contributed by atoms with van der Waals surface area (Å²) in [7, 11) is 0. The van der Waals surface area contributed by atoms with Crippen molar-refractivity contribution in [2.45, 2.75) is 37.6 Å². The molecule has 2 heterocycles. The van der Waals surface area contributed by atoms with E-state index in [4.69, 9.17) is 5.11 Å². The summed E-state index contributed by atoms with van der Waals surface area (Å²) in [5.41, 5.74) is -0.643. The Kier molecular flexibility index (Phi) is 4.33. The van der Waals surface area contributed by atoms with Gasteiger partial charge in [0.2, 0.25) is 0 Å². The van der Waals surface area contributed by atoms with Gasteiger partial charge in [-0.1, -0.05) is 12.8 Å². The number of carbonyl (C=O) groups is 2. The number of thiazole rings is 1. The van der Waals surface area contributed by atoms with Crippen LogP contribution in [0.4, 0.5) is 0 Å². The Morgan fingerprint density at radius 1 is 1.22 bits per heavy atom. The van der Waals surface area contributed by atoms with Gasteiger partial charge >= 0.3 is 5.97 Å². The monoisotopic (exact) mass is 332 g/mol. The molecule has 0 unspecified atom stereocenters. The third-order valence-electron chi connectivity index (χ3n) is 3.92. The first-order valence-corrected chi connectivity index (χ1v) is 8.17. The summed E-state index contributed by atoms with van der Waals surface area (Å²) in [6, 6.07) is 1.71. The van der Waals surface area contributed by atoms with Crippen molar-refractivity contribution >= 4 is 23.2 Å². The molecule has 8 heteroatoms. The van der Waals surface area contributed by atoms with Crippen LogP contribution in [-0.2, 0) is 4.79 Å². The molecule has 0 spiro atoms. The lowest BCUT2D eigenvalue weighted by atomic mass is 9.93. The van der Waals surface area contributed by atoms with Gasteiger partial charge in [-0.3, -0.25) is 9.59 Å². The van der Waals surface area contributed by atoms with E-state index in [1.807, 2.05) is 0 Å². The molecule has 2 aromatic rings. The fourth-order valence-electron chi connectivity index (χ4n) is 2.88. The highest BCUT2D eigenvalue weighted by Crippen LogP contribution is 2.33. The molecule has 23 heavy (non-hydrogen) atoms. The quantitative estimate of drug-likeness (QED) is 0.869. The number of carbonyl (C=O) groups excluding carboxylic acids is 1. The lowest BCUT2D eigenvalue weighted by Crippen LogP contribution is -2.47. The second-order valence-corrected chi connectivity index (χ2v) is 6.64. The van der Waals surface area contributed by atoms with Crippen LogP contribution >= 0.6 is 11.3 Å². The second kappa shape index (κ2) is 6.41. The van der Waals surface area contributed by atoms with Gasteiger partial charge in [0.15, 0.2) is 10.8 Å². The molecule has 7 nitrogen and oxygen atoms in total. The van der Waals surface area contributed by atoms with Crippen LogP contribution in [0.3, 0.4) is 0 Å². The van der Waals surface area contributed by atoms with Gasteiger partial charge in [-0.05, 0) is 18.9 Å². The number of hydrogen-bond donors (Lipinski definition) is 2. The normalized spacial score (nSPS) is 16.2. The number of nitrogens with zero attached hydrogens (tertiary/aromatic N) is 3. The standard InChI is InChI=1S/C15H16N4O3S/c20-11(21)8-15(4-1-2-5-15)19-13(22)10-9-18-14(23-10)12-16-6-3-7-17-12/h3,6-7,9H,1-2,4-5,8H2,(H,19,22)(H,20,21). The molecule has 1 fully saturated rings. The van der Waals surface area contributed by atoms with Crippen LogP contribution in [-0.4, -0.2) is 37.5 Å². The zero-order chi connectivity index (χ0) is 16.3. The first-order valence-electron chi connectivity index (χ1n) is 7.36. The summed E-state index contributed by atoms with van der Waals surface area (Å²) in [6.07, 6.45) is 7.91. The second-order valence-electron chi connectivity index (χ2n) is 5.61. The van der Waals surface area contributed by atoms with E-state index in [1.165, 1.54) is 17.5 Å². The summed E-state index contributed by atoms with van der Waals surface area (Å²) < 4.78 is 0. The van der Waals surface area contributed by atoms with E-state index in [0.717, 1.165) is 12.8 Å². The lowest BCUT2D eigenvalue weighted by Gasteiger charge is -2.28. The van der Waals surface area contributed by atoms with E-state index in [-0.39, 0.29) is 12.3 Å². The van der Waals surface area contributed by atoms with E-state index >= 15 is 0 Å². The van der Waals surface area contributed by atoms with Crippen LogP contribution in [0.1, 0.15) is 41.8 Å². The van der Waals surface area contributed by atoms with Gasteiger partial charge < -0.3 is 10.4 Å². The number of hydrogen-bond acceptors (Lipinski definition) is 6. The molecule has 1 saturated carbocycles. The smallest absolute Gasteiger partial charge is 0.305 e. The van der Waals surface area contributed by atoms with E-state index in [2.05, 4.69) is 20.3 Å². The predicted molar refractivity (Wildman–Crippen MR) is 84.1 cm³/mol. The van der Waals surface area contributed by atoms with Crippen molar-refractivity contribution in [2.24, 2.45) is 0 Å². The van der Waals surface area contributed by atoms with E-state index in [0.29, 0.717) is 28.6 Å². The minimum atomic E-state index is -0.894. The number of aromatic nitrogens is 3. The van der Waals surface area contributed by atoms with Crippen LogP contribution in [0.25, 0.3) is 10.8 Å². The number of nitrogens with one attached hydrogen (secondary N) is 1. The van der Waals surface area contributed by atoms with E-state index < -0.39 is 11.5 Å². The fourth-order valence-corrected chi connectivity index (χ4v) is 3.64. The number of amides is 1. The molecule has 2 aromatic heterocycles. The molecular formula is C15H16N4O3S. The molecule has 1 amide bonds. The Labute approximate surface area is 136 Å². The SMILES string of the molecule is O=C(O)CC1(NC(=O)c2cnc(-c3ncccn3)s2)CCCC1. The average molecular weight is 332 g/mol. The van der Waals surface area contributed by atoms with Gasteiger partial charge in [-0.2, -0.15) is 0 Å². The van der Waals surface area contributed by atoms with Gasteiger partial charge in [0, 0.05) is 12.4 Å². The highest BCUT2D eigenvalue weighted by molar-refractivity contribution is 7.16. The highest BCUT2D eigenvalue weighted by Gasteiger charge is 2.37. The van der Waals surface area contributed by atoms with Crippen LogP contribution in [0.5, 0.6) is 0 Å². The van der Waals surface area contributed by atoms with Crippen molar-refractivity contribution in [3.8, 4) is 10.8 Å². The molecule has 0 aliphatic heterocycles. The first kappa shape index (κ1) is 15.5. The van der Waals surface area contributed by atoms with Crippen LogP contribution in [0.2, 0.25) is 0 Å². The van der Waals surface area contributed by atoms with Crippen molar-refractivity contribution in [3.63, 3.8) is 0 Å². The van der Waals surface area contributed by atoms with Crippen LogP contribution in [0, 0.1) is 0 Å². The molecule has 1 aliphatic rings. The van der Waals surface area contributed by atoms with Gasteiger partial charge in [0.1, 0.15) is 4.88 Å². The number of carboxylic acids is 1. The molecule has 1 aliphatic carbocycles. The summed E-state index contributed by atoms with van der Waals surface area (Å²) in [5.74, 6) is -0.708. The number of carboxylic acid groups (broad SMARTS) is 1. The maximum Gasteiger partial charge on any atom is 0.305 e. The third-order valence-corrected chi connectivity index (χ3v) is 4.91. The lowest BCUT2D eigenvalue weighted by molar-refractivity contribution is -0.138. The highest BCUT2D eigenvalue weighted by atomic mass is 32.1. The van der Waals surface area contributed by atoms with Crippen molar-refractivity contribution < 1.29 is 14.7 Å². The Bertz CT molecular complexity index is 711. The molecule has 0 atom stereocenters. The zero-order valence-corrected chi connectivity index (χ0v) is 13.2. The molecule has 0 bridgehead atoms. The predicted octanol–water partition coefficient (Wildman–Crippen LogP) is 2.12. The molecule has 3 rings (SSSR count). The first-order chi connectivity index (χ1) is 11.1. The molecule has 120 valence electrons. The maximum absolute atomic E-state index is 12.5. The van der Waals surface area contributed by atoms with Crippen LogP contribution in [0.15, 0.2) is 24.7 Å². The molecule has 0 aromatic carbocycles.